The lowest BCUT2D eigenvalue weighted by atomic mass is 9.99. The monoisotopic (exact) mass is 323 g/mol. The third-order valence-corrected chi connectivity index (χ3v) is 3.76. The Hall–Kier alpha value is -2.39. The van der Waals surface area contributed by atoms with Gasteiger partial charge in [0.2, 0.25) is 0 Å². The van der Waals surface area contributed by atoms with Crippen molar-refractivity contribution in [2.45, 2.75) is 32.9 Å². The molecule has 2 aromatic rings. The van der Waals surface area contributed by atoms with E-state index in [0.717, 1.165) is 16.9 Å². The third-order valence-electron chi connectivity index (χ3n) is 3.76. The Bertz CT molecular complexity index is 688. The molecule has 1 unspecified atom stereocenters. The van der Waals surface area contributed by atoms with E-state index in [4.69, 9.17) is 4.74 Å². The van der Waals surface area contributed by atoms with Crippen LogP contribution in [0.25, 0.3) is 0 Å². The summed E-state index contributed by atoms with van der Waals surface area (Å²) < 4.78 is 5.47. The molecule has 0 aromatic heterocycles. The summed E-state index contributed by atoms with van der Waals surface area (Å²) in [6.07, 6.45) is 2.10. The Kier molecular flexibility index (Phi) is 6.76. The van der Waals surface area contributed by atoms with Crippen LogP contribution in [0.2, 0.25) is 0 Å². The maximum atomic E-state index is 12.3. The Balaban J connectivity index is 2.20. The molecule has 0 saturated carbocycles. The molecule has 1 atom stereocenters. The minimum absolute atomic E-state index is 0.0931. The summed E-state index contributed by atoms with van der Waals surface area (Å²) >= 11 is 0. The third kappa shape index (κ3) is 5.36. The fourth-order valence-electron chi connectivity index (χ4n) is 2.67. The molecule has 0 bridgehead atoms. The van der Waals surface area contributed by atoms with E-state index >= 15 is 0 Å². The normalized spacial score (nSPS) is 11.6. The number of rotatable bonds is 8. The summed E-state index contributed by atoms with van der Waals surface area (Å²) in [6, 6.07) is 17.9. The zero-order valence-electron chi connectivity index (χ0n) is 14.6. The van der Waals surface area contributed by atoms with Gasteiger partial charge in [-0.05, 0) is 31.6 Å². The van der Waals surface area contributed by atoms with E-state index in [9.17, 15) is 4.79 Å². The van der Waals surface area contributed by atoms with Gasteiger partial charge < -0.3 is 10.1 Å². The van der Waals surface area contributed by atoms with Gasteiger partial charge in [0.25, 0.3) is 0 Å². The number of hydrogen-bond acceptors (Lipinski definition) is 3. The van der Waals surface area contributed by atoms with Crippen molar-refractivity contribution in [1.29, 1.82) is 0 Å². The van der Waals surface area contributed by atoms with Crippen molar-refractivity contribution in [3.8, 4) is 5.75 Å². The van der Waals surface area contributed by atoms with Crippen molar-refractivity contribution in [2.24, 2.45) is 0 Å². The Morgan fingerprint density at radius 3 is 2.42 bits per heavy atom. The molecule has 1 N–H and O–H groups in total. The van der Waals surface area contributed by atoms with Crippen molar-refractivity contribution >= 4 is 5.78 Å². The number of carbonyl (C=O) groups is 1. The Morgan fingerprint density at radius 2 is 1.75 bits per heavy atom. The van der Waals surface area contributed by atoms with E-state index in [1.807, 2.05) is 56.3 Å². The van der Waals surface area contributed by atoms with Crippen molar-refractivity contribution in [3.63, 3.8) is 0 Å². The van der Waals surface area contributed by atoms with Gasteiger partial charge in [0, 0.05) is 24.6 Å². The fourth-order valence-corrected chi connectivity index (χ4v) is 2.67. The highest BCUT2D eigenvalue weighted by Gasteiger charge is 2.18. The minimum Gasteiger partial charge on any atom is -0.496 e. The van der Waals surface area contributed by atoms with Gasteiger partial charge in [-0.2, -0.15) is 0 Å². The second-order valence-corrected chi connectivity index (χ2v) is 6.05. The summed E-state index contributed by atoms with van der Waals surface area (Å²) in [6.45, 7) is 4.58. The standard InChI is InChI=1S/C21H25NO2/c1-16(2)13-18(23)14-20(19-11-7-8-12-21(19)24-3)22-15-17-9-5-4-6-10-17/h4-13,20,22H,14-15H2,1-3H3. The van der Waals surface area contributed by atoms with Gasteiger partial charge in [-0.1, -0.05) is 54.1 Å². The first-order chi connectivity index (χ1) is 11.6. The SMILES string of the molecule is COc1ccccc1C(CC(=O)C=C(C)C)NCc1ccccc1. The van der Waals surface area contributed by atoms with Crippen LogP contribution in [0.15, 0.2) is 66.2 Å². The zero-order chi connectivity index (χ0) is 17.4. The number of allylic oxidation sites excluding steroid dienone is 2. The number of carbonyl (C=O) groups excluding carboxylic acids is 1. The summed E-state index contributed by atoms with van der Waals surface area (Å²) in [5, 5.41) is 3.50. The highest BCUT2D eigenvalue weighted by Crippen LogP contribution is 2.27. The van der Waals surface area contributed by atoms with Gasteiger partial charge in [-0.25, -0.2) is 0 Å². The van der Waals surface area contributed by atoms with Gasteiger partial charge in [0.1, 0.15) is 5.75 Å². The summed E-state index contributed by atoms with van der Waals surface area (Å²) in [5.41, 5.74) is 3.21. The molecule has 0 saturated heterocycles. The molecular weight excluding hydrogens is 298 g/mol. The molecule has 0 aliphatic rings. The van der Waals surface area contributed by atoms with Crippen LogP contribution in [-0.2, 0) is 11.3 Å². The number of ether oxygens (including phenoxy) is 1. The number of methoxy groups -OCH3 is 1. The summed E-state index contributed by atoms with van der Waals surface area (Å²) in [5.74, 6) is 0.916. The molecule has 3 nitrogen and oxygen atoms in total. The number of ketones is 1. The molecule has 2 rings (SSSR count). The van der Waals surface area contributed by atoms with Gasteiger partial charge in [0.15, 0.2) is 5.78 Å². The lowest BCUT2D eigenvalue weighted by Gasteiger charge is -2.20. The molecular formula is C21H25NO2. The minimum atomic E-state index is -0.0931. The molecule has 3 heteroatoms. The first kappa shape index (κ1) is 18.0. The molecule has 126 valence electrons. The first-order valence-corrected chi connectivity index (χ1v) is 8.18. The molecule has 0 heterocycles. The number of nitrogens with one attached hydrogen (secondary N) is 1. The molecule has 0 spiro atoms. The second-order valence-electron chi connectivity index (χ2n) is 6.05. The van der Waals surface area contributed by atoms with Crippen molar-refractivity contribution in [1.82, 2.24) is 5.32 Å². The highest BCUT2D eigenvalue weighted by atomic mass is 16.5. The van der Waals surface area contributed by atoms with E-state index in [2.05, 4.69) is 17.4 Å². The topological polar surface area (TPSA) is 38.3 Å². The first-order valence-electron chi connectivity index (χ1n) is 8.18. The van der Waals surface area contributed by atoms with Crippen LogP contribution in [0.5, 0.6) is 5.75 Å². The van der Waals surface area contributed by atoms with Crippen LogP contribution in [0.1, 0.15) is 37.4 Å². The molecule has 0 aliphatic carbocycles. The number of hydrogen-bond donors (Lipinski definition) is 1. The molecule has 0 aliphatic heterocycles. The van der Waals surface area contributed by atoms with Gasteiger partial charge in [0.05, 0.1) is 7.11 Å². The smallest absolute Gasteiger partial charge is 0.157 e. The quantitative estimate of drug-likeness (QED) is 0.729. The fraction of sp³-hybridized carbons (Fsp3) is 0.286. The molecule has 0 fully saturated rings. The van der Waals surface area contributed by atoms with Gasteiger partial charge in [-0.15, -0.1) is 0 Å². The van der Waals surface area contributed by atoms with Crippen LogP contribution in [0.4, 0.5) is 0 Å². The lowest BCUT2D eigenvalue weighted by molar-refractivity contribution is -0.115. The van der Waals surface area contributed by atoms with Crippen molar-refractivity contribution < 1.29 is 9.53 Å². The summed E-state index contributed by atoms with van der Waals surface area (Å²) in [7, 11) is 1.66. The molecule has 24 heavy (non-hydrogen) atoms. The molecule has 0 amide bonds. The zero-order valence-corrected chi connectivity index (χ0v) is 14.6. The van der Waals surface area contributed by atoms with Crippen molar-refractivity contribution in [2.75, 3.05) is 7.11 Å². The number of para-hydroxylation sites is 1. The van der Waals surface area contributed by atoms with E-state index in [1.54, 1.807) is 13.2 Å². The van der Waals surface area contributed by atoms with E-state index in [1.165, 1.54) is 5.56 Å². The van der Waals surface area contributed by atoms with E-state index in [0.29, 0.717) is 13.0 Å². The van der Waals surface area contributed by atoms with E-state index < -0.39 is 0 Å². The predicted octanol–water partition coefficient (Wildman–Crippen LogP) is 4.45. The van der Waals surface area contributed by atoms with Gasteiger partial charge in [-0.3, -0.25) is 4.79 Å². The average Bonchev–Trinajstić information content (AvgIpc) is 2.58. The number of benzene rings is 2. The highest BCUT2D eigenvalue weighted by molar-refractivity contribution is 5.90. The predicted molar refractivity (Wildman–Crippen MR) is 98.1 cm³/mol. The van der Waals surface area contributed by atoms with E-state index in [-0.39, 0.29) is 11.8 Å². The maximum absolute atomic E-state index is 12.3. The van der Waals surface area contributed by atoms with Gasteiger partial charge >= 0.3 is 0 Å². The van der Waals surface area contributed by atoms with Crippen LogP contribution >= 0.6 is 0 Å². The van der Waals surface area contributed by atoms with Crippen LogP contribution in [-0.4, -0.2) is 12.9 Å². The Morgan fingerprint density at radius 1 is 1.08 bits per heavy atom. The molecule has 2 aromatic carbocycles. The summed E-state index contributed by atoms with van der Waals surface area (Å²) in [4.78, 5) is 12.3. The van der Waals surface area contributed by atoms with Crippen LogP contribution in [0.3, 0.4) is 0 Å². The maximum Gasteiger partial charge on any atom is 0.157 e. The second kappa shape index (κ2) is 9.04. The Labute approximate surface area is 144 Å². The molecule has 0 radical (unpaired) electrons. The van der Waals surface area contributed by atoms with Crippen molar-refractivity contribution in [3.05, 3.63) is 77.4 Å². The largest absolute Gasteiger partial charge is 0.496 e. The average molecular weight is 323 g/mol. The van der Waals surface area contributed by atoms with Crippen LogP contribution in [0, 0.1) is 0 Å². The van der Waals surface area contributed by atoms with Crippen LogP contribution < -0.4 is 10.1 Å². The lowest BCUT2D eigenvalue weighted by Crippen LogP contribution is -2.23.